The number of amides is 3. The van der Waals surface area contributed by atoms with Crippen molar-refractivity contribution in [3.8, 4) is 0 Å². The Bertz CT molecular complexity index is 1850. The fourth-order valence-corrected chi connectivity index (χ4v) is 18.2. The van der Waals surface area contributed by atoms with Crippen LogP contribution in [-0.4, -0.2) is 190 Å². The second-order valence-electron chi connectivity index (χ2n) is 26.0. The molecule has 18 heteroatoms. The molecule has 8 rings (SSSR count). The fourth-order valence-electron chi connectivity index (χ4n) is 16.6. The third-order valence-electron chi connectivity index (χ3n) is 20.4. The standard InChI is InChI=1S/C59H106N6O11S/c1-8-41-40(3)36-43(53(73-9-2)56(6,7)69)75-51(41)52(67)59(60)22-12-21-57-39-58(57)23-20-47(55(4,5)45(58)18-19-46(57)59)76-49-37-65(28-31-74-49)27-13-24-61-25-14-29-70-32-34-72-35-33-71-30-15-26-62-48(66)17-11-10-16-44-50-42(38-77-44)63-54(68)64-50/h40-47,49-53,61,67,69H,8-39,60H2,1-7H3,(H,62,66)(H2,63,64,68). The summed E-state index contributed by atoms with van der Waals surface area (Å²) in [6.07, 6.45) is 14.5. The minimum Gasteiger partial charge on any atom is -0.388 e. The molecular formula is C59H106N6O11S. The van der Waals surface area contributed by atoms with Gasteiger partial charge >= 0.3 is 6.03 Å². The van der Waals surface area contributed by atoms with Crippen molar-refractivity contribution in [2.75, 3.05) is 97.9 Å². The van der Waals surface area contributed by atoms with Gasteiger partial charge in [-0.2, -0.15) is 11.8 Å². The Morgan fingerprint density at radius 3 is 2.39 bits per heavy atom. The predicted octanol–water partition coefficient (Wildman–Crippen LogP) is 6.14. The van der Waals surface area contributed by atoms with Crippen LogP contribution in [-0.2, 0) is 38.0 Å². The predicted molar refractivity (Wildman–Crippen MR) is 301 cm³/mol. The van der Waals surface area contributed by atoms with Crippen LogP contribution in [0.5, 0.6) is 0 Å². The number of nitrogens with two attached hydrogens (primary N) is 1. The monoisotopic (exact) mass is 1110 g/mol. The van der Waals surface area contributed by atoms with Crippen LogP contribution in [0.2, 0.25) is 0 Å². The number of carbonyl (C=O) groups is 2. The SMILES string of the molecule is CCOC(C1CC(C)C(CC)C(C(O)C2(N)CCCC34CC35CCC(OC3CN(CCCNCCCOCCOCCOCCCNC(=O)CCCCC6SCC7NC(=O)NC76)CCO3)C(C)(C)C5CCC24)O1)C(C)(C)O. The van der Waals surface area contributed by atoms with Crippen molar-refractivity contribution in [2.24, 2.45) is 45.7 Å². The molecule has 0 aromatic rings. The molecule has 4 saturated heterocycles. The Labute approximate surface area is 467 Å². The normalized spacial score (nSPS) is 37.4. The molecule has 0 aromatic heterocycles. The first kappa shape index (κ1) is 61.7. The highest BCUT2D eigenvalue weighted by molar-refractivity contribution is 8.00. The number of aliphatic hydroxyl groups is 2. The number of hydrogen-bond donors (Lipinski definition) is 7. The van der Waals surface area contributed by atoms with Crippen LogP contribution >= 0.6 is 11.8 Å². The van der Waals surface area contributed by atoms with Crippen molar-refractivity contribution < 1.29 is 53.0 Å². The van der Waals surface area contributed by atoms with Crippen LogP contribution in [0, 0.1) is 39.9 Å². The highest BCUT2D eigenvalue weighted by Crippen LogP contribution is 2.85. The van der Waals surface area contributed by atoms with E-state index >= 15 is 0 Å². The molecule has 3 amide bonds. The molecule has 77 heavy (non-hydrogen) atoms. The van der Waals surface area contributed by atoms with Gasteiger partial charge in [0.1, 0.15) is 6.10 Å². The van der Waals surface area contributed by atoms with E-state index in [0.29, 0.717) is 82.9 Å². The summed E-state index contributed by atoms with van der Waals surface area (Å²) >= 11 is 1.92. The molecule has 0 radical (unpaired) electrons. The van der Waals surface area contributed by atoms with E-state index < -0.39 is 29.5 Å². The molecule has 8 N–H and O–H groups in total. The van der Waals surface area contributed by atoms with E-state index in [-0.39, 0.29) is 70.6 Å². The number of unbranched alkanes of at least 4 members (excludes halogenated alkanes) is 1. The summed E-state index contributed by atoms with van der Waals surface area (Å²) in [4.78, 5) is 26.3. The van der Waals surface area contributed by atoms with Crippen molar-refractivity contribution in [3.63, 3.8) is 0 Å². The van der Waals surface area contributed by atoms with Gasteiger partial charge in [-0.25, -0.2) is 4.79 Å². The summed E-state index contributed by atoms with van der Waals surface area (Å²) in [6.45, 7) is 24.9. The molecule has 8 fully saturated rings. The number of fused-ring (bicyclic) bond motifs is 1. The van der Waals surface area contributed by atoms with Crippen LogP contribution in [0.4, 0.5) is 4.79 Å². The number of morpholine rings is 1. The maximum absolute atomic E-state index is 12.7. The van der Waals surface area contributed by atoms with Gasteiger partial charge in [0.2, 0.25) is 5.91 Å². The van der Waals surface area contributed by atoms with E-state index in [0.717, 1.165) is 128 Å². The maximum atomic E-state index is 12.7. The maximum Gasteiger partial charge on any atom is 0.315 e. The van der Waals surface area contributed by atoms with Crippen LogP contribution < -0.4 is 27.0 Å². The molecule has 16 atom stereocenters. The Morgan fingerprint density at radius 2 is 1.65 bits per heavy atom. The van der Waals surface area contributed by atoms with E-state index in [9.17, 15) is 19.8 Å². The number of aliphatic hydroxyl groups excluding tert-OH is 1. The second-order valence-corrected chi connectivity index (χ2v) is 27.3. The van der Waals surface area contributed by atoms with Crippen LogP contribution in [0.25, 0.3) is 0 Å². The zero-order chi connectivity index (χ0) is 54.9. The number of urea groups is 1. The van der Waals surface area contributed by atoms with Crippen LogP contribution in [0.1, 0.15) is 158 Å². The second kappa shape index (κ2) is 27.8. The first-order valence-electron chi connectivity index (χ1n) is 30.8. The molecule has 8 aliphatic rings. The lowest BCUT2D eigenvalue weighted by molar-refractivity contribution is -0.248. The minimum absolute atomic E-state index is 0.00333. The molecule has 4 aliphatic heterocycles. The summed E-state index contributed by atoms with van der Waals surface area (Å²) in [5.74, 6) is 2.36. The molecule has 4 saturated carbocycles. The Hall–Kier alpha value is -1.39. The lowest BCUT2D eigenvalue weighted by atomic mass is 9.47. The molecule has 2 spiro atoms. The van der Waals surface area contributed by atoms with Crippen LogP contribution in [0.15, 0.2) is 0 Å². The highest BCUT2D eigenvalue weighted by Gasteiger charge is 2.80. The number of ether oxygens (including phenoxy) is 7. The lowest BCUT2D eigenvalue weighted by Gasteiger charge is -2.61. The largest absolute Gasteiger partial charge is 0.388 e. The quantitative estimate of drug-likeness (QED) is 0.0298. The lowest BCUT2D eigenvalue weighted by Crippen LogP contribution is -2.69. The summed E-state index contributed by atoms with van der Waals surface area (Å²) in [5.41, 5.74) is 6.33. The van der Waals surface area contributed by atoms with Crippen molar-refractivity contribution in [1.82, 2.24) is 26.2 Å². The van der Waals surface area contributed by atoms with Gasteiger partial charge in [0.05, 0.1) is 75.1 Å². The molecule has 0 aromatic carbocycles. The van der Waals surface area contributed by atoms with E-state index in [4.69, 9.17) is 38.9 Å². The highest BCUT2D eigenvalue weighted by atomic mass is 32.2. The van der Waals surface area contributed by atoms with Gasteiger partial charge in [-0.15, -0.1) is 0 Å². The minimum atomic E-state index is -1.07. The number of nitrogens with zero attached hydrogens (tertiary/aromatic N) is 1. The van der Waals surface area contributed by atoms with Crippen molar-refractivity contribution >= 4 is 23.7 Å². The molecular weight excluding hydrogens is 1000 g/mol. The van der Waals surface area contributed by atoms with Crippen LogP contribution in [0.3, 0.4) is 0 Å². The molecule has 4 aliphatic carbocycles. The Kier molecular flexibility index (Phi) is 22.3. The summed E-state index contributed by atoms with van der Waals surface area (Å²) in [5, 5.41) is 36.9. The van der Waals surface area contributed by atoms with Crippen molar-refractivity contribution in [2.45, 2.75) is 223 Å². The van der Waals surface area contributed by atoms with Gasteiger partial charge in [0, 0.05) is 62.4 Å². The molecule has 444 valence electrons. The zero-order valence-electron chi connectivity index (χ0n) is 48.6. The third kappa shape index (κ3) is 14.5. The van der Waals surface area contributed by atoms with Gasteiger partial charge in [0.15, 0.2) is 6.29 Å². The van der Waals surface area contributed by atoms with E-state index in [1.54, 1.807) is 13.8 Å². The zero-order valence-corrected chi connectivity index (χ0v) is 49.5. The topological polar surface area (TPSA) is 217 Å². The number of carbonyl (C=O) groups excluding carboxylic acids is 2. The number of rotatable bonds is 32. The first-order valence-corrected chi connectivity index (χ1v) is 31.9. The Balaban J connectivity index is 0.651. The first-order chi connectivity index (χ1) is 37.0. The third-order valence-corrected chi connectivity index (χ3v) is 21.9. The van der Waals surface area contributed by atoms with Gasteiger partial charge in [-0.1, -0.05) is 47.0 Å². The average Bonchev–Trinajstić information content (AvgIpc) is 3.57. The Morgan fingerprint density at radius 1 is 0.935 bits per heavy atom. The fraction of sp³-hybridized carbons (Fsp3) is 0.966. The summed E-state index contributed by atoms with van der Waals surface area (Å²) in [7, 11) is 0. The smallest absolute Gasteiger partial charge is 0.315 e. The van der Waals surface area contributed by atoms with E-state index in [1.807, 2.05) is 18.7 Å². The van der Waals surface area contributed by atoms with E-state index in [2.05, 4.69) is 53.9 Å². The molecule has 16 unspecified atom stereocenters. The number of nitrogens with one attached hydrogen (secondary N) is 4. The number of hydrogen-bond acceptors (Lipinski definition) is 15. The van der Waals surface area contributed by atoms with Crippen molar-refractivity contribution in [3.05, 3.63) is 0 Å². The van der Waals surface area contributed by atoms with Gasteiger partial charge in [0.25, 0.3) is 0 Å². The van der Waals surface area contributed by atoms with Crippen molar-refractivity contribution in [1.29, 1.82) is 0 Å². The van der Waals surface area contributed by atoms with Gasteiger partial charge < -0.3 is 70.4 Å². The average molecular weight is 1110 g/mol. The van der Waals surface area contributed by atoms with Gasteiger partial charge in [-0.05, 0) is 164 Å². The molecule has 17 nitrogen and oxygen atoms in total. The van der Waals surface area contributed by atoms with E-state index in [1.165, 1.54) is 12.8 Å². The van der Waals surface area contributed by atoms with Gasteiger partial charge in [-0.3, -0.25) is 9.69 Å². The number of thioether (sulfide) groups is 1. The summed E-state index contributed by atoms with van der Waals surface area (Å²) in [6, 6.07) is 0.426. The molecule has 0 bridgehead atoms. The summed E-state index contributed by atoms with van der Waals surface area (Å²) < 4.78 is 43.6. The molecule has 4 heterocycles.